The number of benzene rings is 4. The maximum absolute atomic E-state index is 2.26. The van der Waals surface area contributed by atoms with Crippen LogP contribution >= 0.6 is 0 Å². The van der Waals surface area contributed by atoms with Gasteiger partial charge in [-0.25, -0.2) is 9.13 Å². The van der Waals surface area contributed by atoms with Crippen molar-refractivity contribution in [1.29, 1.82) is 0 Å². The molecule has 35 heavy (non-hydrogen) atoms. The minimum Gasteiger partial charge on any atom is -0.240 e. The summed E-state index contributed by atoms with van der Waals surface area (Å²) in [6.45, 7) is 3.36. The Morgan fingerprint density at radius 1 is 0.600 bits per heavy atom. The average molecular weight is 458 g/mol. The van der Waals surface area contributed by atoms with E-state index >= 15 is 0 Å². The minimum atomic E-state index is -1.22. The third-order valence-electron chi connectivity index (χ3n) is 6.79. The lowest BCUT2D eigenvalue weighted by atomic mass is 9.13. The molecule has 5 aromatic rings. The minimum absolute atomic E-state index is 1.15. The van der Waals surface area contributed by atoms with Gasteiger partial charge in [-0.05, 0) is 6.42 Å². The molecule has 0 aliphatic rings. The van der Waals surface area contributed by atoms with Crippen molar-refractivity contribution in [3.05, 3.63) is 140 Å². The highest BCUT2D eigenvalue weighted by molar-refractivity contribution is 7.19. The van der Waals surface area contributed by atoms with Gasteiger partial charge in [0.2, 0.25) is 6.33 Å². The van der Waals surface area contributed by atoms with E-state index in [0.29, 0.717) is 0 Å². The molecule has 0 aliphatic carbocycles. The first kappa shape index (κ1) is 24.3. The molecule has 4 aromatic carbocycles. The molecule has 0 spiro atoms. The van der Waals surface area contributed by atoms with Crippen LogP contribution < -0.4 is 26.4 Å². The van der Waals surface area contributed by atoms with Gasteiger partial charge in [0.1, 0.15) is 18.5 Å². The smallest absolute Gasteiger partial charge is 0.240 e. The Hall–Kier alpha value is -3.85. The maximum atomic E-state index is 2.26. The molecule has 0 aliphatic heterocycles. The van der Waals surface area contributed by atoms with E-state index in [1.54, 1.807) is 0 Å². The molecule has 0 saturated carbocycles. The van der Waals surface area contributed by atoms with Gasteiger partial charge in [-0.1, -0.05) is 135 Å². The van der Waals surface area contributed by atoms with Crippen molar-refractivity contribution in [3.8, 4) is 0 Å². The first-order chi connectivity index (χ1) is 17.2. The lowest BCUT2D eigenvalue weighted by Gasteiger charge is -2.44. The highest BCUT2D eigenvalue weighted by atomic mass is 15.1. The Morgan fingerprint density at radius 3 is 1.26 bits per heavy atom. The van der Waals surface area contributed by atoms with Gasteiger partial charge in [-0.3, -0.25) is 0 Å². The van der Waals surface area contributed by atoms with Crippen molar-refractivity contribution in [3.63, 3.8) is 0 Å². The topological polar surface area (TPSA) is 8.81 Å². The molecule has 3 heteroatoms. The number of aryl methyl sites for hydroxylation is 2. The van der Waals surface area contributed by atoms with Gasteiger partial charge in [0.05, 0.1) is 13.6 Å². The summed E-state index contributed by atoms with van der Waals surface area (Å²) < 4.78 is 4.28. The molecule has 0 fully saturated rings. The van der Waals surface area contributed by atoms with E-state index in [2.05, 4.69) is 156 Å². The molecule has 0 N–H and O–H groups in total. The van der Waals surface area contributed by atoms with Crippen LogP contribution in [-0.2, 0) is 13.6 Å². The summed E-state index contributed by atoms with van der Waals surface area (Å²) in [5, 5.41) is 0. The second-order valence-electron chi connectivity index (χ2n) is 9.18. The zero-order valence-electron chi connectivity index (χ0n) is 20.9. The largest absolute Gasteiger partial charge is 0.243 e. The van der Waals surface area contributed by atoms with E-state index < -0.39 is 6.15 Å². The molecule has 2 nitrogen and oxygen atoms in total. The van der Waals surface area contributed by atoms with Crippen LogP contribution in [-0.4, -0.2) is 10.7 Å². The molecule has 0 radical (unpaired) electrons. The Balaban J connectivity index is 0.000000243. The zero-order chi connectivity index (χ0) is 24.3. The van der Waals surface area contributed by atoms with Gasteiger partial charge in [0.15, 0.2) is 0 Å². The number of nitrogens with zero attached hydrogens (tertiary/aromatic N) is 2. The summed E-state index contributed by atoms with van der Waals surface area (Å²) in [6.07, 6.45) is 7.60. The van der Waals surface area contributed by atoms with Gasteiger partial charge < -0.3 is 0 Å². The van der Waals surface area contributed by atoms with Gasteiger partial charge in [-0.2, -0.15) is 21.9 Å². The summed E-state index contributed by atoms with van der Waals surface area (Å²) in [5.74, 6) is 0. The Kier molecular flexibility index (Phi) is 8.35. The molecule has 176 valence electrons. The second kappa shape index (κ2) is 12.0. The summed E-state index contributed by atoms with van der Waals surface area (Å²) in [6, 6.07) is 43.5. The van der Waals surface area contributed by atoms with Gasteiger partial charge in [0.25, 0.3) is 0 Å². The van der Waals surface area contributed by atoms with E-state index in [-0.39, 0.29) is 0 Å². The first-order valence-corrected chi connectivity index (χ1v) is 12.6. The van der Waals surface area contributed by atoms with Crippen LogP contribution in [0, 0.1) is 0 Å². The van der Waals surface area contributed by atoms with Gasteiger partial charge in [0, 0.05) is 0 Å². The van der Waals surface area contributed by atoms with E-state index in [4.69, 9.17) is 0 Å². The molecule has 0 atom stereocenters. The van der Waals surface area contributed by atoms with Crippen molar-refractivity contribution in [2.24, 2.45) is 7.05 Å². The van der Waals surface area contributed by atoms with Crippen molar-refractivity contribution >= 4 is 28.0 Å². The predicted molar refractivity (Wildman–Crippen MR) is 151 cm³/mol. The van der Waals surface area contributed by atoms with Crippen LogP contribution in [0.4, 0.5) is 0 Å². The molecule has 1 aromatic heterocycles. The lowest BCUT2D eigenvalue weighted by Crippen LogP contribution is -2.74. The van der Waals surface area contributed by atoms with E-state index in [0.717, 1.165) is 6.54 Å². The Morgan fingerprint density at radius 2 is 0.971 bits per heavy atom. The normalized spacial score (nSPS) is 10.9. The Labute approximate surface area is 210 Å². The SMILES string of the molecule is CCCC[n+]1ccn(C)c1.c1ccc([B-](c2ccccc2)(c2ccccc2)c2ccccc2)cc1. The van der Waals surface area contributed by atoms with Crippen LogP contribution in [0.25, 0.3) is 0 Å². The molecule has 1 heterocycles. The number of aromatic nitrogens is 2. The van der Waals surface area contributed by atoms with Crippen LogP contribution in [0.3, 0.4) is 0 Å². The molecule has 0 unspecified atom stereocenters. The van der Waals surface area contributed by atoms with E-state index in [9.17, 15) is 0 Å². The number of rotatable bonds is 7. The average Bonchev–Trinajstić information content (AvgIpc) is 3.36. The highest BCUT2D eigenvalue weighted by Crippen LogP contribution is 2.09. The van der Waals surface area contributed by atoms with E-state index in [1.807, 2.05) is 7.05 Å². The van der Waals surface area contributed by atoms with Gasteiger partial charge in [-0.15, -0.1) is 0 Å². The van der Waals surface area contributed by atoms with Crippen LogP contribution in [0.15, 0.2) is 140 Å². The second-order valence-corrected chi connectivity index (χ2v) is 9.18. The molecule has 0 bridgehead atoms. The fourth-order valence-electron chi connectivity index (χ4n) is 5.10. The fraction of sp³-hybridized carbons (Fsp3) is 0.156. The molecule has 5 rings (SSSR count). The van der Waals surface area contributed by atoms with Crippen molar-refractivity contribution in [1.82, 2.24) is 4.57 Å². The van der Waals surface area contributed by atoms with Crippen LogP contribution in [0.5, 0.6) is 0 Å². The predicted octanol–water partition coefficient (Wildman–Crippen LogP) is 4.18. The first-order valence-electron chi connectivity index (χ1n) is 12.6. The van der Waals surface area contributed by atoms with Gasteiger partial charge >= 0.3 is 0 Å². The van der Waals surface area contributed by atoms with Crippen molar-refractivity contribution in [2.45, 2.75) is 26.3 Å². The van der Waals surface area contributed by atoms with Crippen molar-refractivity contribution < 1.29 is 4.57 Å². The molecular formula is C32H35BN2. The molecular weight excluding hydrogens is 423 g/mol. The summed E-state index contributed by atoms with van der Waals surface area (Å²) in [4.78, 5) is 0. The summed E-state index contributed by atoms with van der Waals surface area (Å²) >= 11 is 0. The number of hydrogen-bond acceptors (Lipinski definition) is 0. The van der Waals surface area contributed by atoms with Crippen molar-refractivity contribution in [2.75, 3.05) is 0 Å². The summed E-state index contributed by atoms with van der Waals surface area (Å²) in [5.41, 5.74) is 5.36. The quantitative estimate of drug-likeness (QED) is 0.256. The third kappa shape index (κ3) is 5.63. The number of imidazole rings is 1. The molecule has 0 saturated heterocycles. The zero-order valence-corrected chi connectivity index (χ0v) is 20.9. The highest BCUT2D eigenvalue weighted by Gasteiger charge is 2.30. The lowest BCUT2D eigenvalue weighted by molar-refractivity contribution is -0.696. The molecule has 0 amide bonds. The van der Waals surface area contributed by atoms with E-state index in [1.165, 1.54) is 34.7 Å². The fourth-order valence-corrected chi connectivity index (χ4v) is 5.10. The monoisotopic (exact) mass is 458 g/mol. The van der Waals surface area contributed by atoms with Crippen LogP contribution in [0.2, 0.25) is 0 Å². The number of hydrogen-bond donors (Lipinski definition) is 0. The maximum Gasteiger partial charge on any atom is 0.243 e. The third-order valence-corrected chi connectivity index (χ3v) is 6.79. The summed E-state index contributed by atoms with van der Waals surface area (Å²) in [7, 11) is 2.04. The number of unbranched alkanes of at least 4 members (excludes halogenated alkanes) is 1. The standard InChI is InChI=1S/C24H20B.C8H15N2/c1-5-13-21(14-6-1)25(22-15-7-2-8-16-22,23-17-9-3-10-18-23)24-19-11-4-12-20-24;1-3-4-5-10-7-6-9(2)8-10/h1-20H;6-8H,3-5H2,1-2H3/q-1;+1. The Bertz CT molecular complexity index is 1100. The van der Waals surface area contributed by atoms with Crippen LogP contribution in [0.1, 0.15) is 19.8 Å².